The Morgan fingerprint density at radius 3 is 2.67 bits per heavy atom. The van der Waals surface area contributed by atoms with Gasteiger partial charge < -0.3 is 4.90 Å². The first-order chi connectivity index (χ1) is 8.84. The maximum atomic E-state index is 12.2. The Hall–Kier alpha value is -1.31. The van der Waals surface area contributed by atoms with Crippen LogP contribution in [0.2, 0.25) is 0 Å². The lowest BCUT2D eigenvalue weighted by molar-refractivity contribution is 0.0765. The summed E-state index contributed by atoms with van der Waals surface area (Å²) in [6.07, 6.45) is 8.12. The van der Waals surface area contributed by atoms with E-state index in [4.69, 9.17) is 0 Å². The summed E-state index contributed by atoms with van der Waals surface area (Å²) in [5.41, 5.74) is 2.12. The van der Waals surface area contributed by atoms with E-state index in [1.807, 2.05) is 23.1 Å². The Bertz CT molecular complexity index is 434. The molecule has 18 heavy (non-hydrogen) atoms. The second-order valence-corrected chi connectivity index (χ2v) is 5.68. The number of hydrogen-bond acceptors (Lipinski definition) is 1. The molecule has 1 heterocycles. The normalized spacial score (nSPS) is 20.2. The van der Waals surface area contributed by atoms with Crippen LogP contribution in [-0.4, -0.2) is 17.4 Å². The molecule has 1 saturated carbocycles. The Morgan fingerprint density at radius 1 is 1.11 bits per heavy atom. The SMILES string of the molecule is O=C1c2ccccc2CN1CCC1CCCCC1. The van der Waals surface area contributed by atoms with Crippen molar-refractivity contribution >= 4 is 5.91 Å². The van der Waals surface area contributed by atoms with Crippen LogP contribution < -0.4 is 0 Å². The van der Waals surface area contributed by atoms with Gasteiger partial charge in [-0.05, 0) is 24.0 Å². The minimum atomic E-state index is 0.237. The van der Waals surface area contributed by atoms with E-state index in [0.29, 0.717) is 0 Å². The number of nitrogens with zero attached hydrogens (tertiary/aromatic N) is 1. The molecule has 1 aliphatic carbocycles. The lowest BCUT2D eigenvalue weighted by atomic mass is 9.87. The summed E-state index contributed by atoms with van der Waals surface area (Å²) in [5, 5.41) is 0. The maximum Gasteiger partial charge on any atom is 0.254 e. The van der Waals surface area contributed by atoms with E-state index in [1.165, 1.54) is 44.1 Å². The molecule has 1 fully saturated rings. The van der Waals surface area contributed by atoms with Gasteiger partial charge in [-0.25, -0.2) is 0 Å². The quantitative estimate of drug-likeness (QED) is 0.794. The zero-order chi connectivity index (χ0) is 12.4. The number of hydrogen-bond donors (Lipinski definition) is 0. The predicted octanol–water partition coefficient (Wildman–Crippen LogP) is 3.61. The molecule has 2 nitrogen and oxygen atoms in total. The molecule has 0 aromatic heterocycles. The third-order valence-electron chi connectivity index (χ3n) is 4.43. The van der Waals surface area contributed by atoms with Gasteiger partial charge in [-0.1, -0.05) is 50.3 Å². The molecule has 0 spiro atoms. The van der Waals surface area contributed by atoms with Crippen LogP contribution in [0.3, 0.4) is 0 Å². The highest BCUT2D eigenvalue weighted by Gasteiger charge is 2.27. The van der Waals surface area contributed by atoms with Gasteiger partial charge in [0.1, 0.15) is 0 Å². The van der Waals surface area contributed by atoms with Crippen molar-refractivity contribution in [2.24, 2.45) is 5.92 Å². The number of fused-ring (bicyclic) bond motifs is 1. The summed E-state index contributed by atoms with van der Waals surface area (Å²) < 4.78 is 0. The first kappa shape index (κ1) is 11.8. The van der Waals surface area contributed by atoms with Gasteiger partial charge in [0.05, 0.1) is 0 Å². The molecule has 0 atom stereocenters. The fraction of sp³-hybridized carbons (Fsp3) is 0.562. The van der Waals surface area contributed by atoms with Gasteiger partial charge in [-0.3, -0.25) is 4.79 Å². The van der Waals surface area contributed by atoms with Crippen LogP contribution >= 0.6 is 0 Å². The topological polar surface area (TPSA) is 20.3 Å². The highest BCUT2D eigenvalue weighted by molar-refractivity contribution is 5.98. The van der Waals surface area contributed by atoms with E-state index in [0.717, 1.165) is 24.6 Å². The van der Waals surface area contributed by atoms with E-state index >= 15 is 0 Å². The monoisotopic (exact) mass is 243 g/mol. The molecule has 3 rings (SSSR count). The van der Waals surface area contributed by atoms with Crippen molar-refractivity contribution in [2.45, 2.75) is 45.1 Å². The van der Waals surface area contributed by atoms with Crippen molar-refractivity contribution < 1.29 is 4.79 Å². The summed E-state index contributed by atoms with van der Waals surface area (Å²) in [6, 6.07) is 8.02. The van der Waals surface area contributed by atoms with Gasteiger partial charge in [-0.2, -0.15) is 0 Å². The number of carbonyl (C=O) groups is 1. The van der Waals surface area contributed by atoms with Crippen LogP contribution in [0.1, 0.15) is 54.4 Å². The van der Waals surface area contributed by atoms with Gasteiger partial charge in [0.15, 0.2) is 0 Å². The third-order valence-corrected chi connectivity index (χ3v) is 4.43. The number of rotatable bonds is 3. The average Bonchev–Trinajstić information content (AvgIpc) is 2.75. The third kappa shape index (κ3) is 2.29. The van der Waals surface area contributed by atoms with E-state index < -0.39 is 0 Å². The molecule has 1 aromatic carbocycles. The molecule has 1 aromatic rings. The largest absolute Gasteiger partial charge is 0.334 e. The molecule has 0 radical (unpaired) electrons. The zero-order valence-electron chi connectivity index (χ0n) is 10.9. The Morgan fingerprint density at radius 2 is 1.89 bits per heavy atom. The molecule has 0 saturated heterocycles. The van der Waals surface area contributed by atoms with E-state index in [1.54, 1.807) is 0 Å². The van der Waals surface area contributed by atoms with Crippen LogP contribution in [-0.2, 0) is 6.54 Å². The molecule has 0 unspecified atom stereocenters. The van der Waals surface area contributed by atoms with Crippen molar-refractivity contribution in [1.29, 1.82) is 0 Å². The first-order valence-corrected chi connectivity index (χ1v) is 7.22. The maximum absolute atomic E-state index is 12.2. The van der Waals surface area contributed by atoms with E-state index in [9.17, 15) is 4.79 Å². The minimum absolute atomic E-state index is 0.237. The van der Waals surface area contributed by atoms with Crippen molar-refractivity contribution in [1.82, 2.24) is 4.90 Å². The molecule has 0 N–H and O–H groups in total. The number of benzene rings is 1. The van der Waals surface area contributed by atoms with E-state index in [-0.39, 0.29) is 5.91 Å². The molecule has 1 amide bonds. The fourth-order valence-electron chi connectivity index (χ4n) is 3.31. The van der Waals surface area contributed by atoms with Gasteiger partial charge in [-0.15, -0.1) is 0 Å². The van der Waals surface area contributed by atoms with Gasteiger partial charge >= 0.3 is 0 Å². The standard InChI is InChI=1S/C16H21NO/c18-16-15-9-5-4-8-14(15)12-17(16)11-10-13-6-2-1-3-7-13/h4-5,8-9,13H,1-3,6-7,10-12H2. The van der Waals surface area contributed by atoms with Gasteiger partial charge in [0.2, 0.25) is 0 Å². The molecular weight excluding hydrogens is 222 g/mol. The number of amides is 1. The van der Waals surface area contributed by atoms with E-state index in [2.05, 4.69) is 6.07 Å². The first-order valence-electron chi connectivity index (χ1n) is 7.22. The summed E-state index contributed by atoms with van der Waals surface area (Å²) >= 11 is 0. The highest BCUT2D eigenvalue weighted by Crippen LogP contribution is 2.28. The molecule has 0 bridgehead atoms. The van der Waals surface area contributed by atoms with Crippen LogP contribution in [0.5, 0.6) is 0 Å². The summed E-state index contributed by atoms with van der Waals surface area (Å²) in [7, 11) is 0. The van der Waals surface area contributed by atoms with Crippen molar-refractivity contribution in [3.63, 3.8) is 0 Å². The Kier molecular flexibility index (Phi) is 3.35. The van der Waals surface area contributed by atoms with Gasteiger partial charge in [0.25, 0.3) is 5.91 Å². The average molecular weight is 243 g/mol. The summed E-state index contributed by atoms with van der Waals surface area (Å²) in [6.45, 7) is 1.76. The van der Waals surface area contributed by atoms with Crippen LogP contribution in [0, 0.1) is 5.92 Å². The fourth-order valence-corrected chi connectivity index (χ4v) is 3.31. The molecule has 2 aliphatic rings. The van der Waals surface area contributed by atoms with Crippen molar-refractivity contribution in [3.05, 3.63) is 35.4 Å². The Balaban J connectivity index is 1.57. The van der Waals surface area contributed by atoms with Crippen LogP contribution in [0.25, 0.3) is 0 Å². The highest BCUT2D eigenvalue weighted by atomic mass is 16.2. The predicted molar refractivity (Wildman–Crippen MR) is 72.4 cm³/mol. The van der Waals surface area contributed by atoms with Crippen molar-refractivity contribution in [3.8, 4) is 0 Å². The molecular formula is C16H21NO. The molecule has 96 valence electrons. The number of carbonyl (C=O) groups excluding carboxylic acids is 1. The van der Waals surface area contributed by atoms with Crippen LogP contribution in [0.15, 0.2) is 24.3 Å². The second kappa shape index (κ2) is 5.13. The summed E-state index contributed by atoms with van der Waals surface area (Å²) in [5.74, 6) is 1.09. The Labute approximate surface area is 109 Å². The zero-order valence-corrected chi connectivity index (χ0v) is 10.9. The van der Waals surface area contributed by atoms with Crippen molar-refractivity contribution in [2.75, 3.05) is 6.54 Å². The van der Waals surface area contributed by atoms with Gasteiger partial charge in [0, 0.05) is 18.7 Å². The summed E-state index contributed by atoms with van der Waals surface area (Å²) in [4.78, 5) is 14.2. The smallest absolute Gasteiger partial charge is 0.254 e. The minimum Gasteiger partial charge on any atom is -0.334 e. The molecule has 1 aliphatic heterocycles. The molecule has 2 heteroatoms. The second-order valence-electron chi connectivity index (χ2n) is 5.68. The lowest BCUT2D eigenvalue weighted by Crippen LogP contribution is -2.27. The lowest BCUT2D eigenvalue weighted by Gasteiger charge is -2.24. The van der Waals surface area contributed by atoms with Crippen LogP contribution in [0.4, 0.5) is 0 Å².